The number of nitrogens with two attached hydrogens (primary N) is 1. The van der Waals surface area contributed by atoms with Gasteiger partial charge in [0.25, 0.3) is 0 Å². The first kappa shape index (κ1) is 15.0. The Balaban J connectivity index is 2.10. The summed E-state index contributed by atoms with van der Waals surface area (Å²) in [6.07, 6.45) is 2.38. The molecule has 0 aliphatic rings. The van der Waals surface area contributed by atoms with Crippen molar-refractivity contribution in [1.29, 1.82) is 0 Å². The fourth-order valence-electron chi connectivity index (χ4n) is 2.04. The Hall–Kier alpha value is -2.38. The molecule has 0 aliphatic carbocycles. The van der Waals surface area contributed by atoms with Crippen LogP contribution in [0.5, 0.6) is 0 Å². The highest BCUT2D eigenvalue weighted by Gasteiger charge is 2.21. The summed E-state index contributed by atoms with van der Waals surface area (Å²) in [5.41, 5.74) is 7.16. The molecule has 0 aromatic carbocycles. The molecule has 2 heterocycles. The Bertz CT molecular complexity index is 631. The van der Waals surface area contributed by atoms with Crippen LogP contribution in [0.15, 0.2) is 6.33 Å². The molecule has 0 radical (unpaired) electrons. The van der Waals surface area contributed by atoms with Crippen molar-refractivity contribution in [2.24, 2.45) is 0 Å². The number of nitrogen functional groups attached to an aromatic ring is 1. The molecule has 0 unspecified atom stereocenters. The second kappa shape index (κ2) is 6.38. The maximum absolute atomic E-state index is 12.2. The molecule has 8 nitrogen and oxygen atoms in total. The monoisotopic (exact) mass is 292 g/mol. The van der Waals surface area contributed by atoms with Crippen molar-refractivity contribution in [3.8, 4) is 0 Å². The first-order chi connectivity index (χ1) is 10.1. The first-order valence-corrected chi connectivity index (χ1v) is 6.95. The summed E-state index contributed by atoms with van der Waals surface area (Å²) >= 11 is 0. The Morgan fingerprint density at radius 1 is 1.38 bits per heavy atom. The van der Waals surface area contributed by atoms with Gasteiger partial charge in [0, 0.05) is 13.1 Å². The lowest BCUT2D eigenvalue weighted by molar-refractivity contribution is 0.0443. The van der Waals surface area contributed by atoms with Gasteiger partial charge >= 0.3 is 5.97 Å². The van der Waals surface area contributed by atoms with Crippen molar-refractivity contribution in [2.75, 3.05) is 5.73 Å². The third kappa shape index (κ3) is 3.04. The molecule has 0 bridgehead atoms. The molecule has 2 rings (SSSR count). The molecule has 0 aliphatic heterocycles. The molecule has 0 atom stereocenters. The summed E-state index contributed by atoms with van der Waals surface area (Å²) in [5.74, 6) is 0.115. The number of nitrogens with zero attached hydrogens (tertiary/aromatic N) is 5. The summed E-state index contributed by atoms with van der Waals surface area (Å²) in [6, 6.07) is 0. The molecule has 21 heavy (non-hydrogen) atoms. The third-order valence-corrected chi connectivity index (χ3v) is 3.13. The largest absolute Gasteiger partial charge is 0.453 e. The van der Waals surface area contributed by atoms with E-state index in [4.69, 9.17) is 10.5 Å². The van der Waals surface area contributed by atoms with Crippen molar-refractivity contribution < 1.29 is 9.53 Å². The zero-order chi connectivity index (χ0) is 15.4. The fraction of sp³-hybridized carbons (Fsp3) is 0.538. The van der Waals surface area contributed by atoms with Crippen molar-refractivity contribution >= 4 is 11.7 Å². The molecule has 2 aromatic heterocycles. The van der Waals surface area contributed by atoms with Crippen LogP contribution in [0.2, 0.25) is 0 Å². The van der Waals surface area contributed by atoms with Gasteiger partial charge in [0.2, 0.25) is 0 Å². The number of rotatable bonds is 6. The number of aromatic nitrogens is 5. The van der Waals surface area contributed by atoms with Gasteiger partial charge < -0.3 is 10.5 Å². The van der Waals surface area contributed by atoms with Crippen LogP contribution in [-0.2, 0) is 24.4 Å². The van der Waals surface area contributed by atoms with E-state index in [1.165, 1.54) is 6.33 Å². The third-order valence-electron chi connectivity index (χ3n) is 3.13. The lowest BCUT2D eigenvalue weighted by atomic mass is 10.3. The molecule has 0 fully saturated rings. The van der Waals surface area contributed by atoms with Gasteiger partial charge in [-0.15, -0.1) is 0 Å². The van der Waals surface area contributed by atoms with E-state index in [2.05, 4.69) is 15.2 Å². The molecule has 2 N–H and O–H groups in total. The predicted molar refractivity (Wildman–Crippen MR) is 76.5 cm³/mol. The average Bonchev–Trinajstić information content (AvgIpc) is 3.02. The normalized spacial score (nSPS) is 10.8. The minimum Gasteiger partial charge on any atom is -0.453 e. The lowest BCUT2D eigenvalue weighted by Gasteiger charge is -2.08. The average molecular weight is 292 g/mol. The number of aryl methyl sites for hydroxylation is 3. The number of esters is 1. The van der Waals surface area contributed by atoms with Gasteiger partial charge in [-0.2, -0.15) is 10.2 Å². The van der Waals surface area contributed by atoms with E-state index in [0.717, 1.165) is 13.0 Å². The maximum atomic E-state index is 12.2. The Labute approximate surface area is 122 Å². The molecular formula is C13H20N6O2. The van der Waals surface area contributed by atoms with Gasteiger partial charge in [-0.3, -0.25) is 4.68 Å². The highest BCUT2D eigenvalue weighted by Crippen LogP contribution is 2.17. The predicted octanol–water partition coefficient (Wildman–Crippen LogP) is 1.15. The fourth-order valence-corrected chi connectivity index (χ4v) is 2.04. The molecule has 0 saturated carbocycles. The minimum absolute atomic E-state index is 0.0617. The number of carbonyl (C=O) groups is 1. The summed E-state index contributed by atoms with van der Waals surface area (Å²) in [5, 5.41) is 8.28. The second-order valence-electron chi connectivity index (χ2n) is 4.64. The van der Waals surface area contributed by atoms with E-state index >= 15 is 0 Å². The van der Waals surface area contributed by atoms with Gasteiger partial charge in [0.1, 0.15) is 6.33 Å². The first-order valence-electron chi connectivity index (χ1n) is 6.95. The Kier molecular flexibility index (Phi) is 4.56. The molecular weight excluding hydrogens is 272 g/mol. The minimum atomic E-state index is -0.499. The SMILES string of the molecule is CCCn1ncnc1COC(=O)c1c(N)c(C)nn1CC. The van der Waals surface area contributed by atoms with Crippen LogP contribution in [0, 0.1) is 6.92 Å². The molecule has 0 saturated heterocycles. The smallest absolute Gasteiger partial charge is 0.359 e. The zero-order valence-corrected chi connectivity index (χ0v) is 12.5. The molecule has 8 heteroatoms. The van der Waals surface area contributed by atoms with Crippen molar-refractivity contribution in [2.45, 2.75) is 46.9 Å². The van der Waals surface area contributed by atoms with Gasteiger partial charge in [0.15, 0.2) is 18.1 Å². The second-order valence-corrected chi connectivity index (χ2v) is 4.64. The summed E-state index contributed by atoms with van der Waals surface area (Å²) in [4.78, 5) is 16.3. The molecule has 0 amide bonds. The van der Waals surface area contributed by atoms with Crippen molar-refractivity contribution in [3.63, 3.8) is 0 Å². The van der Waals surface area contributed by atoms with Gasteiger partial charge in [0.05, 0.1) is 11.4 Å². The highest BCUT2D eigenvalue weighted by atomic mass is 16.5. The molecule has 0 spiro atoms. The lowest BCUT2D eigenvalue weighted by Crippen LogP contribution is -2.16. The van der Waals surface area contributed by atoms with Crippen LogP contribution in [0.4, 0.5) is 5.69 Å². The van der Waals surface area contributed by atoms with Crippen LogP contribution in [0.3, 0.4) is 0 Å². The quantitative estimate of drug-likeness (QED) is 0.801. The zero-order valence-electron chi connectivity index (χ0n) is 12.5. The Morgan fingerprint density at radius 3 is 2.81 bits per heavy atom. The molecule has 114 valence electrons. The Morgan fingerprint density at radius 2 is 2.14 bits per heavy atom. The highest BCUT2D eigenvalue weighted by molar-refractivity contribution is 5.93. The summed E-state index contributed by atoms with van der Waals surface area (Å²) in [6.45, 7) is 7.04. The number of hydrogen-bond acceptors (Lipinski definition) is 6. The number of ether oxygens (including phenoxy) is 1. The summed E-state index contributed by atoms with van der Waals surface area (Å²) in [7, 11) is 0. The topological polar surface area (TPSA) is 101 Å². The van der Waals surface area contributed by atoms with Crippen molar-refractivity contribution in [1.82, 2.24) is 24.5 Å². The van der Waals surface area contributed by atoms with E-state index in [0.29, 0.717) is 23.8 Å². The maximum Gasteiger partial charge on any atom is 0.359 e. The van der Waals surface area contributed by atoms with Gasteiger partial charge in [-0.1, -0.05) is 6.92 Å². The number of hydrogen-bond donors (Lipinski definition) is 1. The van der Waals surface area contributed by atoms with E-state index in [9.17, 15) is 4.79 Å². The van der Waals surface area contributed by atoms with Crippen LogP contribution >= 0.6 is 0 Å². The number of anilines is 1. The standard InChI is InChI=1S/C13H20N6O2/c1-4-6-19-10(15-8-16-19)7-21-13(20)12-11(14)9(3)17-18(12)5-2/h8H,4-7,14H2,1-3H3. The van der Waals surface area contributed by atoms with E-state index in [-0.39, 0.29) is 12.3 Å². The van der Waals surface area contributed by atoms with E-state index in [1.54, 1.807) is 16.3 Å². The van der Waals surface area contributed by atoms with Gasteiger partial charge in [-0.25, -0.2) is 14.5 Å². The van der Waals surface area contributed by atoms with Crippen LogP contribution in [-0.4, -0.2) is 30.5 Å². The van der Waals surface area contributed by atoms with E-state index in [1.807, 2.05) is 13.8 Å². The number of carbonyl (C=O) groups excluding carboxylic acids is 1. The van der Waals surface area contributed by atoms with Crippen LogP contribution < -0.4 is 5.73 Å². The summed E-state index contributed by atoms with van der Waals surface area (Å²) < 4.78 is 8.56. The van der Waals surface area contributed by atoms with Crippen molar-refractivity contribution in [3.05, 3.63) is 23.5 Å². The van der Waals surface area contributed by atoms with Crippen LogP contribution in [0.25, 0.3) is 0 Å². The van der Waals surface area contributed by atoms with E-state index < -0.39 is 5.97 Å². The molecule has 2 aromatic rings. The van der Waals surface area contributed by atoms with Crippen LogP contribution in [0.1, 0.15) is 42.3 Å². The van der Waals surface area contributed by atoms with Gasteiger partial charge in [-0.05, 0) is 20.3 Å².